The predicted molar refractivity (Wildman–Crippen MR) is 88.9 cm³/mol. The van der Waals surface area contributed by atoms with Gasteiger partial charge in [-0.1, -0.05) is 12.1 Å². The van der Waals surface area contributed by atoms with Crippen LogP contribution in [0.25, 0.3) is 0 Å². The predicted octanol–water partition coefficient (Wildman–Crippen LogP) is 0.804. The van der Waals surface area contributed by atoms with E-state index in [0.29, 0.717) is 19.7 Å². The van der Waals surface area contributed by atoms with Crippen LogP contribution in [0.15, 0.2) is 24.3 Å². The minimum Gasteiger partial charge on any atom is -0.497 e. The number of carbonyl (C=O) groups excluding carboxylic acids is 1. The zero-order chi connectivity index (χ0) is 17.6. The molecule has 0 saturated carbocycles. The van der Waals surface area contributed by atoms with Crippen LogP contribution in [0.5, 0.6) is 5.75 Å². The van der Waals surface area contributed by atoms with Crippen LogP contribution in [-0.2, 0) is 21.5 Å². The van der Waals surface area contributed by atoms with Gasteiger partial charge in [-0.2, -0.15) is 17.4 Å². The number of hydrogen-bond donors (Lipinski definition) is 1. The molecule has 24 heavy (non-hydrogen) atoms. The number of piperazine rings is 1. The zero-order valence-electron chi connectivity index (χ0n) is 13.9. The summed E-state index contributed by atoms with van der Waals surface area (Å²) in [5.74, 6) is 0.719. The van der Waals surface area contributed by atoms with Crippen molar-refractivity contribution in [1.29, 1.82) is 0 Å². The van der Waals surface area contributed by atoms with Crippen LogP contribution >= 0.6 is 0 Å². The van der Waals surface area contributed by atoms with Gasteiger partial charge in [0, 0.05) is 32.7 Å². The second-order valence-electron chi connectivity index (χ2n) is 5.26. The van der Waals surface area contributed by atoms with Crippen LogP contribution in [0.2, 0.25) is 0 Å². The highest BCUT2D eigenvalue weighted by atomic mass is 32.2. The number of amides is 1. The molecular weight excluding hydrogens is 334 g/mol. The summed E-state index contributed by atoms with van der Waals surface area (Å²) >= 11 is 0. The molecule has 1 fully saturated rings. The van der Waals surface area contributed by atoms with Gasteiger partial charge in [0.15, 0.2) is 0 Å². The lowest BCUT2D eigenvalue weighted by Gasteiger charge is -2.33. The Bertz CT molecular complexity index is 640. The van der Waals surface area contributed by atoms with Gasteiger partial charge < -0.3 is 14.4 Å². The molecule has 8 nitrogen and oxygen atoms in total. The first-order valence-electron chi connectivity index (χ1n) is 7.75. The molecule has 1 amide bonds. The Balaban J connectivity index is 1.86. The number of rotatable bonds is 6. The fraction of sp³-hybridized carbons (Fsp3) is 0.533. The van der Waals surface area contributed by atoms with E-state index < -0.39 is 16.3 Å². The molecule has 1 heterocycles. The lowest BCUT2D eigenvalue weighted by molar-refractivity contribution is 0.0932. The molecule has 2 rings (SSSR count). The molecule has 1 N–H and O–H groups in total. The van der Waals surface area contributed by atoms with E-state index in [1.807, 2.05) is 0 Å². The quantitative estimate of drug-likeness (QED) is 0.814. The molecule has 0 bridgehead atoms. The van der Waals surface area contributed by atoms with Crippen LogP contribution in [0, 0.1) is 0 Å². The Morgan fingerprint density at radius 2 is 1.79 bits per heavy atom. The third kappa shape index (κ3) is 4.83. The summed E-state index contributed by atoms with van der Waals surface area (Å²) in [5, 5.41) is 0. The molecule has 1 saturated heterocycles. The van der Waals surface area contributed by atoms with Crippen molar-refractivity contribution in [1.82, 2.24) is 13.9 Å². The lowest BCUT2D eigenvalue weighted by atomic mass is 10.2. The fourth-order valence-corrected chi connectivity index (χ4v) is 3.51. The summed E-state index contributed by atoms with van der Waals surface area (Å²) in [6.45, 7) is 3.38. The van der Waals surface area contributed by atoms with Crippen LogP contribution in [0.1, 0.15) is 12.5 Å². The number of methoxy groups -OCH3 is 1. The summed E-state index contributed by atoms with van der Waals surface area (Å²) in [7, 11) is -2.01. The van der Waals surface area contributed by atoms with Gasteiger partial charge in [-0.25, -0.2) is 4.79 Å². The van der Waals surface area contributed by atoms with E-state index in [2.05, 4.69) is 4.72 Å². The van der Waals surface area contributed by atoms with Crippen molar-refractivity contribution in [2.24, 2.45) is 0 Å². The van der Waals surface area contributed by atoms with Crippen molar-refractivity contribution in [2.45, 2.75) is 13.5 Å². The Morgan fingerprint density at radius 1 is 1.17 bits per heavy atom. The highest BCUT2D eigenvalue weighted by Crippen LogP contribution is 2.12. The minimum absolute atomic E-state index is 0.199. The molecular formula is C15H23N3O5S. The zero-order valence-corrected chi connectivity index (χ0v) is 14.7. The highest BCUT2D eigenvalue weighted by molar-refractivity contribution is 7.87. The number of hydrogen-bond acceptors (Lipinski definition) is 5. The molecule has 134 valence electrons. The molecule has 0 spiro atoms. The van der Waals surface area contributed by atoms with Crippen LogP contribution in [0.4, 0.5) is 4.79 Å². The highest BCUT2D eigenvalue weighted by Gasteiger charge is 2.29. The molecule has 0 aromatic heterocycles. The number of carbonyl (C=O) groups is 1. The first-order valence-corrected chi connectivity index (χ1v) is 9.19. The van der Waals surface area contributed by atoms with Gasteiger partial charge in [-0.05, 0) is 24.6 Å². The van der Waals surface area contributed by atoms with Crippen molar-refractivity contribution in [3.05, 3.63) is 29.8 Å². The van der Waals surface area contributed by atoms with E-state index in [-0.39, 0.29) is 19.6 Å². The van der Waals surface area contributed by atoms with Crippen molar-refractivity contribution in [3.63, 3.8) is 0 Å². The van der Waals surface area contributed by atoms with Crippen molar-refractivity contribution >= 4 is 16.3 Å². The van der Waals surface area contributed by atoms with Crippen molar-refractivity contribution in [3.8, 4) is 5.75 Å². The molecule has 0 unspecified atom stereocenters. The molecule has 9 heteroatoms. The van der Waals surface area contributed by atoms with Gasteiger partial charge in [0.25, 0.3) is 10.2 Å². The smallest absolute Gasteiger partial charge is 0.409 e. The van der Waals surface area contributed by atoms with E-state index in [4.69, 9.17) is 9.47 Å². The second kappa shape index (κ2) is 8.32. The standard InChI is InChI=1S/C15H23N3O5S/c1-3-23-15(19)17-8-10-18(11-9-17)24(20,21)16-12-13-4-6-14(22-2)7-5-13/h4-7,16H,3,8-12H2,1-2H3. The van der Waals surface area contributed by atoms with E-state index in [1.54, 1.807) is 38.3 Å². The lowest BCUT2D eigenvalue weighted by Crippen LogP contribution is -2.53. The van der Waals surface area contributed by atoms with E-state index in [0.717, 1.165) is 11.3 Å². The summed E-state index contributed by atoms with van der Waals surface area (Å²) in [6.07, 6.45) is -0.402. The van der Waals surface area contributed by atoms with Gasteiger partial charge in [0.2, 0.25) is 0 Å². The summed E-state index contributed by atoms with van der Waals surface area (Å²) < 4.78 is 38.6. The van der Waals surface area contributed by atoms with E-state index in [1.165, 1.54) is 9.21 Å². The fourth-order valence-electron chi connectivity index (χ4n) is 2.34. The topological polar surface area (TPSA) is 88.2 Å². The maximum atomic E-state index is 12.3. The Morgan fingerprint density at radius 3 is 2.33 bits per heavy atom. The van der Waals surface area contributed by atoms with E-state index >= 15 is 0 Å². The molecule has 0 aliphatic carbocycles. The molecule has 1 aliphatic heterocycles. The van der Waals surface area contributed by atoms with Crippen LogP contribution < -0.4 is 9.46 Å². The summed E-state index contributed by atoms with van der Waals surface area (Å²) in [6, 6.07) is 7.17. The van der Waals surface area contributed by atoms with Gasteiger partial charge in [0.1, 0.15) is 5.75 Å². The van der Waals surface area contributed by atoms with Crippen molar-refractivity contribution in [2.75, 3.05) is 39.9 Å². The number of ether oxygens (including phenoxy) is 2. The van der Waals surface area contributed by atoms with Gasteiger partial charge in [0.05, 0.1) is 13.7 Å². The van der Waals surface area contributed by atoms with Gasteiger partial charge >= 0.3 is 6.09 Å². The number of nitrogens with one attached hydrogen (secondary N) is 1. The average molecular weight is 357 g/mol. The summed E-state index contributed by atoms with van der Waals surface area (Å²) in [4.78, 5) is 13.1. The van der Waals surface area contributed by atoms with Gasteiger partial charge in [-0.3, -0.25) is 0 Å². The molecule has 1 aromatic rings. The maximum Gasteiger partial charge on any atom is 0.409 e. The van der Waals surface area contributed by atoms with E-state index in [9.17, 15) is 13.2 Å². The number of nitrogens with zero attached hydrogens (tertiary/aromatic N) is 2. The van der Waals surface area contributed by atoms with Crippen molar-refractivity contribution < 1.29 is 22.7 Å². The molecule has 1 aromatic carbocycles. The monoisotopic (exact) mass is 357 g/mol. The first-order chi connectivity index (χ1) is 11.5. The Hall–Kier alpha value is -1.84. The molecule has 0 atom stereocenters. The normalized spacial score (nSPS) is 16.0. The maximum absolute atomic E-state index is 12.3. The van der Waals surface area contributed by atoms with Crippen LogP contribution in [0.3, 0.4) is 0 Å². The Kier molecular flexibility index (Phi) is 6.41. The third-order valence-electron chi connectivity index (χ3n) is 3.72. The average Bonchev–Trinajstić information content (AvgIpc) is 2.61. The number of benzene rings is 1. The first kappa shape index (κ1) is 18.5. The second-order valence-corrected chi connectivity index (χ2v) is 7.01. The Labute approximate surface area is 142 Å². The van der Waals surface area contributed by atoms with Crippen LogP contribution in [-0.4, -0.2) is 63.6 Å². The van der Waals surface area contributed by atoms with Gasteiger partial charge in [-0.15, -0.1) is 0 Å². The SMILES string of the molecule is CCOC(=O)N1CCN(S(=O)(=O)NCc2ccc(OC)cc2)CC1. The molecule has 0 radical (unpaired) electrons. The summed E-state index contributed by atoms with van der Waals surface area (Å²) in [5.41, 5.74) is 0.838. The largest absolute Gasteiger partial charge is 0.497 e. The minimum atomic E-state index is -3.59. The molecule has 1 aliphatic rings. The third-order valence-corrected chi connectivity index (χ3v) is 5.28.